The maximum atomic E-state index is 12.2. The van der Waals surface area contributed by atoms with Gasteiger partial charge in [0.1, 0.15) is 11.5 Å². The lowest BCUT2D eigenvalue weighted by Gasteiger charge is -2.06. The van der Waals surface area contributed by atoms with Crippen LogP contribution in [0.15, 0.2) is 66.8 Å². The molecule has 0 amide bonds. The zero-order valence-corrected chi connectivity index (χ0v) is 14.9. The van der Waals surface area contributed by atoms with Crippen LogP contribution >= 0.6 is 0 Å². The third-order valence-corrected chi connectivity index (χ3v) is 3.35. The van der Waals surface area contributed by atoms with E-state index in [4.69, 9.17) is 9.47 Å². The number of rotatable bonds is 6. The van der Waals surface area contributed by atoms with Crippen LogP contribution in [0, 0.1) is 0 Å². The molecule has 0 saturated carbocycles. The molecule has 6 nitrogen and oxygen atoms in total. The summed E-state index contributed by atoms with van der Waals surface area (Å²) in [6.45, 7) is 5.04. The zero-order chi connectivity index (χ0) is 19.8. The van der Waals surface area contributed by atoms with Crippen LogP contribution in [0.4, 0.5) is 0 Å². The van der Waals surface area contributed by atoms with Gasteiger partial charge >= 0.3 is 17.9 Å². The predicted molar refractivity (Wildman–Crippen MR) is 99.3 cm³/mol. The van der Waals surface area contributed by atoms with Crippen molar-refractivity contribution in [3.05, 3.63) is 77.9 Å². The molecule has 0 saturated heterocycles. The first-order valence-corrected chi connectivity index (χ1v) is 7.95. The van der Waals surface area contributed by atoms with Crippen molar-refractivity contribution in [2.24, 2.45) is 0 Å². The summed E-state index contributed by atoms with van der Waals surface area (Å²) < 4.78 is 14.9. The molecule has 0 fully saturated rings. The van der Waals surface area contributed by atoms with Gasteiger partial charge in [-0.25, -0.2) is 14.4 Å². The highest BCUT2D eigenvalue weighted by atomic mass is 16.5. The molecule has 2 aromatic rings. The van der Waals surface area contributed by atoms with Crippen molar-refractivity contribution in [3.63, 3.8) is 0 Å². The van der Waals surface area contributed by atoms with E-state index in [1.165, 1.54) is 37.5 Å². The Morgan fingerprint density at radius 3 is 2.00 bits per heavy atom. The van der Waals surface area contributed by atoms with E-state index in [0.717, 1.165) is 5.56 Å². The standard InChI is InChI=1S/C21H18O6/c1-14(2)20(23)26-18-11-7-16(8-12-18)21(24)27-17-9-4-15(5-10-17)6-13-19(22)25-3/h4-13H,1H2,2-3H3/b13-6+. The number of carbonyl (C=O) groups is 3. The molecule has 0 aromatic heterocycles. The summed E-state index contributed by atoms with van der Waals surface area (Å²) >= 11 is 0. The van der Waals surface area contributed by atoms with Crippen molar-refractivity contribution in [2.75, 3.05) is 7.11 Å². The molecule has 2 aromatic carbocycles. The Bertz CT molecular complexity index is 876. The molecule has 0 bridgehead atoms. The van der Waals surface area contributed by atoms with Gasteiger partial charge in [-0.3, -0.25) is 0 Å². The molecule has 0 radical (unpaired) electrons. The van der Waals surface area contributed by atoms with Gasteiger partial charge in [-0.1, -0.05) is 18.7 Å². The van der Waals surface area contributed by atoms with E-state index in [-0.39, 0.29) is 5.57 Å². The number of hydrogen-bond acceptors (Lipinski definition) is 6. The maximum Gasteiger partial charge on any atom is 0.343 e. The van der Waals surface area contributed by atoms with E-state index < -0.39 is 17.9 Å². The van der Waals surface area contributed by atoms with E-state index in [1.54, 1.807) is 37.3 Å². The topological polar surface area (TPSA) is 78.9 Å². The predicted octanol–water partition coefficient (Wildman–Crippen LogP) is 3.57. The second-order valence-electron chi connectivity index (χ2n) is 5.51. The summed E-state index contributed by atoms with van der Waals surface area (Å²) in [7, 11) is 1.30. The van der Waals surface area contributed by atoms with Gasteiger partial charge in [0.05, 0.1) is 12.7 Å². The fourth-order valence-electron chi connectivity index (χ4n) is 1.90. The SMILES string of the molecule is C=C(C)C(=O)Oc1ccc(C(=O)Oc2ccc(/C=C/C(=O)OC)cc2)cc1. The second-order valence-corrected chi connectivity index (χ2v) is 5.51. The van der Waals surface area contributed by atoms with E-state index in [0.29, 0.717) is 17.1 Å². The molecule has 0 unspecified atom stereocenters. The molecule has 0 heterocycles. The highest BCUT2D eigenvalue weighted by Gasteiger charge is 2.10. The number of hydrogen-bond donors (Lipinski definition) is 0. The van der Waals surface area contributed by atoms with Crippen LogP contribution in [0.25, 0.3) is 6.08 Å². The molecule has 0 N–H and O–H groups in total. The van der Waals surface area contributed by atoms with Crippen LogP contribution in [0.5, 0.6) is 11.5 Å². The second kappa shape index (κ2) is 9.15. The van der Waals surface area contributed by atoms with Crippen LogP contribution in [0.1, 0.15) is 22.8 Å². The van der Waals surface area contributed by atoms with E-state index in [2.05, 4.69) is 11.3 Å². The lowest BCUT2D eigenvalue weighted by atomic mass is 10.2. The van der Waals surface area contributed by atoms with Crippen molar-refractivity contribution in [1.82, 2.24) is 0 Å². The molecule has 0 atom stereocenters. The van der Waals surface area contributed by atoms with Gasteiger partial charge in [0, 0.05) is 11.6 Å². The first-order valence-electron chi connectivity index (χ1n) is 7.95. The number of esters is 3. The summed E-state index contributed by atoms with van der Waals surface area (Å²) in [5.74, 6) is -0.880. The molecular formula is C21H18O6. The van der Waals surface area contributed by atoms with Crippen molar-refractivity contribution in [1.29, 1.82) is 0 Å². The largest absolute Gasteiger partial charge is 0.466 e. The number of carbonyl (C=O) groups excluding carboxylic acids is 3. The monoisotopic (exact) mass is 366 g/mol. The third-order valence-electron chi connectivity index (χ3n) is 3.35. The molecule has 6 heteroatoms. The van der Waals surface area contributed by atoms with Gasteiger partial charge in [0.25, 0.3) is 0 Å². The highest BCUT2D eigenvalue weighted by molar-refractivity contribution is 5.92. The Hall–Kier alpha value is -3.67. The minimum Gasteiger partial charge on any atom is -0.466 e. The minimum absolute atomic E-state index is 0.281. The smallest absolute Gasteiger partial charge is 0.343 e. The normalized spacial score (nSPS) is 10.3. The third kappa shape index (κ3) is 5.97. The lowest BCUT2D eigenvalue weighted by molar-refractivity contribution is -0.134. The van der Waals surface area contributed by atoms with E-state index >= 15 is 0 Å². The average molecular weight is 366 g/mol. The molecular weight excluding hydrogens is 348 g/mol. The van der Waals surface area contributed by atoms with Gasteiger partial charge in [-0.2, -0.15) is 0 Å². The van der Waals surface area contributed by atoms with Gasteiger partial charge in [-0.15, -0.1) is 0 Å². The van der Waals surface area contributed by atoms with Gasteiger partial charge < -0.3 is 14.2 Å². The van der Waals surface area contributed by atoms with Crippen molar-refractivity contribution in [3.8, 4) is 11.5 Å². The lowest BCUT2D eigenvalue weighted by Crippen LogP contribution is -2.10. The fraction of sp³-hybridized carbons (Fsp3) is 0.0952. The van der Waals surface area contributed by atoms with Crippen LogP contribution in [0.3, 0.4) is 0 Å². The van der Waals surface area contributed by atoms with Crippen LogP contribution in [-0.2, 0) is 14.3 Å². The Morgan fingerprint density at radius 1 is 0.889 bits per heavy atom. The Labute approximate surface area is 156 Å². The molecule has 2 rings (SSSR count). The quantitative estimate of drug-likeness (QED) is 0.442. The molecule has 27 heavy (non-hydrogen) atoms. The van der Waals surface area contributed by atoms with Crippen molar-refractivity contribution < 1.29 is 28.6 Å². The molecule has 0 aliphatic heterocycles. The zero-order valence-electron chi connectivity index (χ0n) is 14.9. The summed E-state index contributed by atoms with van der Waals surface area (Å²) in [6.07, 6.45) is 2.88. The number of benzene rings is 2. The van der Waals surface area contributed by atoms with Crippen molar-refractivity contribution >= 4 is 24.0 Å². The van der Waals surface area contributed by atoms with Crippen molar-refractivity contribution in [2.45, 2.75) is 6.92 Å². The fourth-order valence-corrected chi connectivity index (χ4v) is 1.90. The Kier molecular flexibility index (Phi) is 6.66. The van der Waals surface area contributed by atoms with Crippen LogP contribution in [-0.4, -0.2) is 25.0 Å². The first-order chi connectivity index (χ1) is 12.9. The Balaban J connectivity index is 1.98. The van der Waals surface area contributed by atoms with Gasteiger partial charge in [-0.05, 0) is 55.0 Å². The summed E-state index contributed by atoms with van der Waals surface area (Å²) in [5, 5.41) is 0. The maximum absolute atomic E-state index is 12.2. The van der Waals surface area contributed by atoms with Gasteiger partial charge in [0.15, 0.2) is 0 Å². The van der Waals surface area contributed by atoms with E-state index in [9.17, 15) is 14.4 Å². The van der Waals surface area contributed by atoms with Crippen LogP contribution in [0.2, 0.25) is 0 Å². The average Bonchev–Trinajstić information content (AvgIpc) is 2.67. The summed E-state index contributed by atoms with van der Waals surface area (Å²) in [5.41, 5.74) is 1.34. The van der Waals surface area contributed by atoms with Gasteiger partial charge in [0.2, 0.25) is 0 Å². The molecule has 0 aliphatic carbocycles. The summed E-state index contributed by atoms with van der Waals surface area (Å²) in [6, 6.07) is 12.6. The molecule has 0 spiro atoms. The molecule has 0 aliphatic rings. The van der Waals surface area contributed by atoms with Crippen LogP contribution < -0.4 is 9.47 Å². The minimum atomic E-state index is -0.550. The Morgan fingerprint density at radius 2 is 1.44 bits per heavy atom. The van der Waals surface area contributed by atoms with E-state index in [1.807, 2.05) is 0 Å². The highest BCUT2D eigenvalue weighted by Crippen LogP contribution is 2.17. The summed E-state index contributed by atoms with van der Waals surface area (Å²) in [4.78, 5) is 34.7. The first kappa shape index (κ1) is 19.7. The molecule has 138 valence electrons. The number of ether oxygens (including phenoxy) is 3. The number of methoxy groups -OCH3 is 1.